The Hall–Kier alpha value is -3.78. The van der Waals surface area contributed by atoms with E-state index in [-0.39, 0.29) is 0 Å². The van der Waals surface area contributed by atoms with Crippen molar-refractivity contribution in [3.8, 4) is 5.75 Å². The number of aliphatic carboxylic acids is 1. The summed E-state index contributed by atoms with van der Waals surface area (Å²) in [6.45, 7) is 2.82. The molecule has 4 aromatic rings. The van der Waals surface area contributed by atoms with Crippen molar-refractivity contribution in [2.24, 2.45) is 0 Å². The number of carbonyl (C=O) groups is 1. The van der Waals surface area contributed by atoms with E-state index in [1.165, 1.54) is 5.56 Å². The predicted octanol–water partition coefficient (Wildman–Crippen LogP) is 6.21. The summed E-state index contributed by atoms with van der Waals surface area (Å²) in [5.41, 5.74) is 3.75. The van der Waals surface area contributed by atoms with Gasteiger partial charge in [-0.2, -0.15) is 0 Å². The minimum absolute atomic E-state index is 0.651. The first-order valence-electron chi connectivity index (χ1n) is 12.4. The summed E-state index contributed by atoms with van der Waals surface area (Å²) in [7, 11) is 1.67. The fourth-order valence-corrected chi connectivity index (χ4v) is 4.88. The van der Waals surface area contributed by atoms with Crippen LogP contribution in [0.4, 0.5) is 5.69 Å². The summed E-state index contributed by atoms with van der Waals surface area (Å²) in [6, 6.07) is 24.3. The Labute approximate surface area is 221 Å². The van der Waals surface area contributed by atoms with Crippen molar-refractivity contribution < 1.29 is 14.6 Å². The summed E-state index contributed by atoms with van der Waals surface area (Å²) in [6.07, 6.45) is 3.03. The Morgan fingerprint density at radius 1 is 1.00 bits per heavy atom. The number of anilines is 1. The van der Waals surface area contributed by atoms with Crippen LogP contribution in [0.25, 0.3) is 0 Å². The lowest BCUT2D eigenvalue weighted by Crippen LogP contribution is -2.20. The number of ether oxygens (including phenoxy) is 1. The maximum Gasteiger partial charge on any atom is 0.330 e. The second-order valence-electron chi connectivity index (χ2n) is 8.75. The maximum atomic E-state index is 11.9. The van der Waals surface area contributed by atoms with Crippen molar-refractivity contribution in [3.05, 3.63) is 101 Å². The molecule has 0 saturated carbocycles. The van der Waals surface area contributed by atoms with Crippen molar-refractivity contribution in [3.63, 3.8) is 0 Å². The van der Waals surface area contributed by atoms with Gasteiger partial charge in [0.25, 0.3) is 0 Å². The predicted molar refractivity (Wildman–Crippen MR) is 147 cm³/mol. The largest absolute Gasteiger partial charge is 0.497 e. The van der Waals surface area contributed by atoms with Crippen molar-refractivity contribution >= 4 is 23.4 Å². The normalized spacial score (nSPS) is 11.7. The Kier molecular flexibility index (Phi) is 9.21. The summed E-state index contributed by atoms with van der Waals surface area (Å²) >= 11 is 1.67. The topological polar surface area (TPSA) is 89.3 Å². The van der Waals surface area contributed by atoms with Crippen molar-refractivity contribution in [1.29, 1.82) is 0 Å². The monoisotopic (exact) mass is 516 g/mol. The SMILES string of the molecule is CCCCc1nnc(SCc2ccc(OC)cc2)n1Cc1ccc(NC(C(=O)O)c2ccccc2)cc1. The molecule has 0 amide bonds. The molecule has 0 bridgehead atoms. The molecule has 0 aliphatic rings. The number of benzene rings is 3. The fraction of sp³-hybridized carbons (Fsp3) is 0.276. The van der Waals surface area contributed by atoms with Crippen LogP contribution in [0.15, 0.2) is 84.0 Å². The third kappa shape index (κ3) is 7.13. The molecule has 2 N–H and O–H groups in total. The first kappa shape index (κ1) is 26.3. The van der Waals surface area contributed by atoms with Crippen molar-refractivity contribution in [1.82, 2.24) is 14.8 Å². The first-order valence-corrected chi connectivity index (χ1v) is 13.4. The van der Waals surface area contributed by atoms with Gasteiger partial charge in [-0.05, 0) is 47.4 Å². The molecular weight excluding hydrogens is 484 g/mol. The molecule has 37 heavy (non-hydrogen) atoms. The van der Waals surface area contributed by atoms with Crippen LogP contribution in [0.5, 0.6) is 5.75 Å². The molecule has 8 heteroatoms. The highest BCUT2D eigenvalue weighted by atomic mass is 32.2. The molecule has 1 aromatic heterocycles. The van der Waals surface area contributed by atoms with E-state index >= 15 is 0 Å². The van der Waals surface area contributed by atoms with Crippen LogP contribution >= 0.6 is 11.8 Å². The molecule has 0 radical (unpaired) electrons. The van der Waals surface area contributed by atoms with Crippen LogP contribution in [0.3, 0.4) is 0 Å². The van der Waals surface area contributed by atoms with E-state index in [4.69, 9.17) is 4.74 Å². The minimum atomic E-state index is -0.918. The Morgan fingerprint density at radius 3 is 2.35 bits per heavy atom. The number of aryl methyl sites for hydroxylation is 1. The Bertz CT molecular complexity index is 1280. The lowest BCUT2D eigenvalue weighted by molar-refractivity contribution is -0.138. The second-order valence-corrected chi connectivity index (χ2v) is 9.69. The molecule has 0 saturated heterocycles. The maximum absolute atomic E-state index is 11.9. The van der Waals surface area contributed by atoms with E-state index in [1.54, 1.807) is 18.9 Å². The average Bonchev–Trinajstić information content (AvgIpc) is 3.31. The molecule has 0 fully saturated rings. The van der Waals surface area contributed by atoms with Crippen LogP contribution < -0.4 is 10.1 Å². The quantitative estimate of drug-likeness (QED) is 0.204. The van der Waals surface area contributed by atoms with Gasteiger partial charge in [0.1, 0.15) is 11.6 Å². The summed E-state index contributed by atoms with van der Waals surface area (Å²) in [4.78, 5) is 11.9. The first-order chi connectivity index (χ1) is 18.1. The number of hydrogen-bond donors (Lipinski definition) is 2. The zero-order chi connectivity index (χ0) is 26.0. The molecule has 0 spiro atoms. The molecule has 4 rings (SSSR count). The van der Waals surface area contributed by atoms with Crippen LogP contribution in [0.2, 0.25) is 0 Å². The van der Waals surface area contributed by atoms with Gasteiger partial charge in [0.2, 0.25) is 0 Å². The zero-order valence-electron chi connectivity index (χ0n) is 21.1. The molecule has 1 atom stereocenters. The highest BCUT2D eigenvalue weighted by molar-refractivity contribution is 7.98. The van der Waals surface area contributed by atoms with E-state index in [2.05, 4.69) is 39.1 Å². The minimum Gasteiger partial charge on any atom is -0.497 e. The Balaban J connectivity index is 1.47. The van der Waals surface area contributed by atoms with Gasteiger partial charge in [-0.3, -0.25) is 0 Å². The number of hydrogen-bond acceptors (Lipinski definition) is 6. The molecule has 0 aliphatic heterocycles. The van der Waals surface area contributed by atoms with Crippen LogP contribution in [-0.2, 0) is 23.5 Å². The molecule has 0 aliphatic carbocycles. The number of thioether (sulfide) groups is 1. The van der Waals surface area contributed by atoms with E-state index in [9.17, 15) is 9.90 Å². The third-order valence-electron chi connectivity index (χ3n) is 6.06. The van der Waals surface area contributed by atoms with Gasteiger partial charge in [-0.1, -0.05) is 79.7 Å². The molecule has 1 heterocycles. The van der Waals surface area contributed by atoms with Gasteiger partial charge >= 0.3 is 5.97 Å². The summed E-state index contributed by atoms with van der Waals surface area (Å²) < 4.78 is 7.45. The van der Waals surface area contributed by atoms with Gasteiger partial charge in [0, 0.05) is 17.9 Å². The van der Waals surface area contributed by atoms with Crippen LogP contribution in [-0.4, -0.2) is 33.0 Å². The van der Waals surface area contributed by atoms with E-state index in [0.29, 0.717) is 12.1 Å². The molecule has 1 unspecified atom stereocenters. The lowest BCUT2D eigenvalue weighted by Gasteiger charge is -2.17. The Morgan fingerprint density at radius 2 is 1.70 bits per heavy atom. The zero-order valence-corrected chi connectivity index (χ0v) is 21.9. The highest BCUT2D eigenvalue weighted by Gasteiger charge is 2.19. The number of aromatic nitrogens is 3. The van der Waals surface area contributed by atoms with Gasteiger partial charge in [0.15, 0.2) is 11.2 Å². The number of carboxylic acids is 1. The molecule has 3 aromatic carbocycles. The number of nitrogens with zero attached hydrogens (tertiary/aromatic N) is 3. The van der Waals surface area contributed by atoms with Crippen molar-refractivity contribution in [2.75, 3.05) is 12.4 Å². The van der Waals surface area contributed by atoms with Gasteiger partial charge < -0.3 is 19.7 Å². The van der Waals surface area contributed by atoms with E-state index in [0.717, 1.165) is 53.0 Å². The van der Waals surface area contributed by atoms with Gasteiger partial charge in [0.05, 0.1) is 13.7 Å². The second kappa shape index (κ2) is 13.0. The smallest absolute Gasteiger partial charge is 0.330 e. The van der Waals surface area contributed by atoms with E-state index < -0.39 is 12.0 Å². The summed E-state index contributed by atoms with van der Waals surface area (Å²) in [5.74, 6) is 1.69. The van der Waals surface area contributed by atoms with E-state index in [1.807, 2.05) is 66.7 Å². The molecular formula is C29H32N4O3S. The molecule has 192 valence electrons. The average molecular weight is 517 g/mol. The highest BCUT2D eigenvalue weighted by Crippen LogP contribution is 2.26. The van der Waals surface area contributed by atoms with Gasteiger partial charge in [-0.25, -0.2) is 4.79 Å². The number of unbranched alkanes of at least 4 members (excludes halogenated alkanes) is 1. The molecule has 7 nitrogen and oxygen atoms in total. The van der Waals surface area contributed by atoms with Crippen LogP contribution in [0, 0.1) is 0 Å². The summed E-state index contributed by atoms with van der Waals surface area (Å²) in [5, 5.41) is 22.7. The fourth-order valence-electron chi connectivity index (χ4n) is 3.96. The number of carboxylic acid groups (broad SMARTS) is 1. The number of nitrogens with one attached hydrogen (secondary N) is 1. The standard InChI is InChI=1S/C29H32N4O3S/c1-3-4-10-26-31-32-29(37-20-22-13-17-25(36-2)18-14-22)33(26)19-21-11-15-24(16-12-21)30-27(28(34)35)23-8-6-5-7-9-23/h5-9,11-18,27,30H,3-4,10,19-20H2,1-2H3,(H,34,35). The lowest BCUT2D eigenvalue weighted by atomic mass is 10.1. The number of rotatable bonds is 13. The third-order valence-corrected chi connectivity index (χ3v) is 7.10. The van der Waals surface area contributed by atoms with Crippen LogP contribution in [0.1, 0.15) is 48.3 Å². The van der Waals surface area contributed by atoms with Crippen molar-refractivity contribution in [2.45, 2.75) is 49.7 Å². The van der Waals surface area contributed by atoms with Gasteiger partial charge in [-0.15, -0.1) is 10.2 Å². The number of methoxy groups -OCH3 is 1.